The first kappa shape index (κ1) is 14.9. The van der Waals surface area contributed by atoms with E-state index in [0.29, 0.717) is 0 Å². The number of nitrogens with two attached hydrogens (primary N) is 1. The van der Waals surface area contributed by atoms with Crippen LogP contribution in [0.1, 0.15) is 32.1 Å². The van der Waals surface area contributed by atoms with Crippen molar-refractivity contribution in [3.8, 4) is 0 Å². The summed E-state index contributed by atoms with van der Waals surface area (Å²) >= 11 is 3.10. The molecule has 3 N–H and O–H groups in total. The van der Waals surface area contributed by atoms with Crippen LogP contribution in [0.3, 0.4) is 0 Å². The van der Waals surface area contributed by atoms with Crippen LogP contribution in [-0.4, -0.2) is 35.5 Å². The second kappa shape index (κ2) is 5.86. The van der Waals surface area contributed by atoms with Gasteiger partial charge in [0.25, 0.3) is 10.0 Å². The molecule has 108 valence electrons. The SMILES string of the molecule is Cn1nnc(Br)c1S(=O)(=O)NC1CCCCCC1N. The Morgan fingerprint density at radius 3 is 2.68 bits per heavy atom. The number of halogens is 1. The summed E-state index contributed by atoms with van der Waals surface area (Å²) in [6.07, 6.45) is 4.76. The molecule has 19 heavy (non-hydrogen) atoms. The molecule has 1 fully saturated rings. The van der Waals surface area contributed by atoms with Gasteiger partial charge in [-0.2, -0.15) is 0 Å². The van der Waals surface area contributed by atoms with Gasteiger partial charge in [-0.15, -0.1) is 5.10 Å². The molecule has 0 radical (unpaired) electrons. The summed E-state index contributed by atoms with van der Waals surface area (Å²) < 4.78 is 28.9. The van der Waals surface area contributed by atoms with Crippen LogP contribution in [0.25, 0.3) is 0 Å². The van der Waals surface area contributed by atoms with Crippen molar-refractivity contribution in [2.45, 2.75) is 49.2 Å². The summed E-state index contributed by atoms with van der Waals surface area (Å²) in [5.41, 5.74) is 6.04. The minimum atomic E-state index is -3.67. The number of aromatic nitrogens is 3. The van der Waals surface area contributed by atoms with E-state index in [-0.39, 0.29) is 21.7 Å². The molecular formula is C10H18BrN5O2S. The lowest BCUT2D eigenvalue weighted by Gasteiger charge is -2.22. The van der Waals surface area contributed by atoms with Crippen molar-refractivity contribution in [2.75, 3.05) is 0 Å². The molecule has 2 unspecified atom stereocenters. The molecule has 1 aliphatic carbocycles. The Bertz CT molecular complexity index is 525. The largest absolute Gasteiger partial charge is 0.326 e. The van der Waals surface area contributed by atoms with Gasteiger partial charge in [0.05, 0.1) is 0 Å². The molecule has 1 aromatic heterocycles. The third-order valence-corrected chi connectivity index (χ3v) is 5.74. The van der Waals surface area contributed by atoms with E-state index in [0.717, 1.165) is 32.1 Å². The maximum atomic E-state index is 12.4. The number of hydrogen-bond donors (Lipinski definition) is 2. The number of rotatable bonds is 3. The molecule has 0 aromatic carbocycles. The van der Waals surface area contributed by atoms with Crippen LogP contribution in [0.4, 0.5) is 0 Å². The number of aryl methyl sites for hydroxylation is 1. The molecule has 0 spiro atoms. The lowest BCUT2D eigenvalue weighted by Crippen LogP contribution is -2.47. The molecule has 0 bridgehead atoms. The predicted octanol–water partition coefficient (Wildman–Crippen LogP) is 0.516. The Hall–Kier alpha value is -0.510. The average Bonchev–Trinajstić information content (AvgIpc) is 2.54. The number of nitrogens with zero attached hydrogens (tertiary/aromatic N) is 3. The molecule has 1 saturated carbocycles. The highest BCUT2D eigenvalue weighted by atomic mass is 79.9. The van der Waals surface area contributed by atoms with Crippen LogP contribution in [-0.2, 0) is 17.1 Å². The van der Waals surface area contributed by atoms with Gasteiger partial charge in [0.15, 0.2) is 4.60 Å². The molecule has 0 amide bonds. The second-order valence-corrected chi connectivity index (χ2v) is 7.22. The van der Waals surface area contributed by atoms with Crippen LogP contribution in [0.2, 0.25) is 0 Å². The first-order chi connectivity index (χ1) is 8.92. The normalized spacial score (nSPS) is 25.2. The lowest BCUT2D eigenvalue weighted by atomic mass is 10.1. The van der Waals surface area contributed by atoms with Crippen LogP contribution in [0, 0.1) is 0 Å². The number of nitrogens with one attached hydrogen (secondary N) is 1. The van der Waals surface area contributed by atoms with Crippen LogP contribution < -0.4 is 10.5 Å². The standard InChI is InChI=1S/C10H18BrN5O2S/c1-16-10(9(11)13-15-16)19(17,18)14-8-6-4-2-3-5-7(8)12/h7-8,14H,2-6,12H2,1H3. The van der Waals surface area contributed by atoms with Gasteiger partial charge in [-0.05, 0) is 28.8 Å². The van der Waals surface area contributed by atoms with E-state index in [1.54, 1.807) is 7.05 Å². The van der Waals surface area contributed by atoms with Gasteiger partial charge in [-0.3, -0.25) is 0 Å². The van der Waals surface area contributed by atoms with Crippen molar-refractivity contribution in [1.29, 1.82) is 0 Å². The quantitative estimate of drug-likeness (QED) is 0.772. The van der Waals surface area contributed by atoms with E-state index in [9.17, 15) is 8.42 Å². The van der Waals surface area contributed by atoms with E-state index in [2.05, 4.69) is 31.0 Å². The van der Waals surface area contributed by atoms with Crippen molar-refractivity contribution < 1.29 is 8.42 Å². The zero-order chi connectivity index (χ0) is 14.0. The first-order valence-electron chi connectivity index (χ1n) is 6.25. The van der Waals surface area contributed by atoms with Gasteiger partial charge in [-0.25, -0.2) is 17.8 Å². The lowest BCUT2D eigenvalue weighted by molar-refractivity contribution is 0.453. The minimum absolute atomic E-state index is 0.0314. The Morgan fingerprint density at radius 2 is 2.05 bits per heavy atom. The Kier molecular flexibility index (Phi) is 4.59. The third-order valence-electron chi connectivity index (χ3n) is 3.37. The highest BCUT2D eigenvalue weighted by molar-refractivity contribution is 9.10. The third kappa shape index (κ3) is 3.33. The minimum Gasteiger partial charge on any atom is -0.326 e. The number of sulfonamides is 1. The summed E-state index contributed by atoms with van der Waals surface area (Å²) in [5.74, 6) is 0. The fraction of sp³-hybridized carbons (Fsp3) is 0.800. The van der Waals surface area contributed by atoms with Crippen molar-refractivity contribution in [3.05, 3.63) is 4.60 Å². The van der Waals surface area contributed by atoms with Gasteiger partial charge in [0.2, 0.25) is 5.03 Å². The highest BCUT2D eigenvalue weighted by Crippen LogP contribution is 2.21. The average molecular weight is 352 g/mol. The van der Waals surface area contributed by atoms with Gasteiger partial charge in [0.1, 0.15) is 0 Å². The van der Waals surface area contributed by atoms with Crippen molar-refractivity contribution >= 4 is 26.0 Å². The summed E-state index contributed by atoms with van der Waals surface area (Å²) in [6, 6.07) is -0.369. The van der Waals surface area contributed by atoms with Crippen LogP contribution in [0.15, 0.2) is 9.63 Å². The summed E-state index contributed by atoms with van der Waals surface area (Å²) in [4.78, 5) is 0. The molecule has 7 nitrogen and oxygen atoms in total. The molecule has 0 saturated heterocycles. The van der Waals surface area contributed by atoms with E-state index in [4.69, 9.17) is 5.73 Å². The fourth-order valence-corrected chi connectivity index (χ4v) is 4.76. The summed E-state index contributed by atoms with van der Waals surface area (Å²) in [6.45, 7) is 0. The molecule has 1 heterocycles. The van der Waals surface area contributed by atoms with Crippen LogP contribution >= 0.6 is 15.9 Å². The molecule has 2 rings (SSSR count). The van der Waals surface area contributed by atoms with Gasteiger partial charge >= 0.3 is 0 Å². The van der Waals surface area contributed by atoms with E-state index in [1.165, 1.54) is 4.68 Å². The molecule has 2 atom stereocenters. The second-order valence-electron chi connectivity index (χ2n) is 4.84. The van der Waals surface area contributed by atoms with Crippen molar-refractivity contribution in [2.24, 2.45) is 12.8 Å². The Morgan fingerprint density at radius 1 is 1.37 bits per heavy atom. The maximum absolute atomic E-state index is 12.4. The Balaban J connectivity index is 2.21. The Labute approximate surface area is 121 Å². The zero-order valence-corrected chi connectivity index (χ0v) is 13.1. The number of hydrogen-bond acceptors (Lipinski definition) is 5. The summed E-state index contributed by atoms with van der Waals surface area (Å²) in [5, 5.41) is 7.41. The smallest absolute Gasteiger partial charge is 0.260 e. The van der Waals surface area contributed by atoms with E-state index < -0.39 is 10.0 Å². The molecule has 0 aliphatic heterocycles. The topological polar surface area (TPSA) is 103 Å². The first-order valence-corrected chi connectivity index (χ1v) is 8.52. The highest BCUT2D eigenvalue weighted by Gasteiger charge is 2.30. The van der Waals surface area contributed by atoms with Crippen LogP contribution in [0.5, 0.6) is 0 Å². The predicted molar refractivity (Wildman–Crippen MR) is 73.9 cm³/mol. The molecule has 1 aliphatic rings. The van der Waals surface area contributed by atoms with Gasteiger partial charge in [0, 0.05) is 19.1 Å². The molecular weight excluding hydrogens is 334 g/mol. The van der Waals surface area contributed by atoms with Gasteiger partial charge in [-0.1, -0.05) is 24.5 Å². The van der Waals surface area contributed by atoms with E-state index >= 15 is 0 Å². The van der Waals surface area contributed by atoms with Crippen molar-refractivity contribution in [1.82, 2.24) is 19.7 Å². The molecule has 1 aromatic rings. The van der Waals surface area contributed by atoms with Crippen molar-refractivity contribution in [3.63, 3.8) is 0 Å². The fourth-order valence-electron chi connectivity index (χ4n) is 2.35. The molecule has 9 heteroatoms. The van der Waals surface area contributed by atoms with E-state index in [1.807, 2.05) is 0 Å². The zero-order valence-electron chi connectivity index (χ0n) is 10.7. The monoisotopic (exact) mass is 351 g/mol. The van der Waals surface area contributed by atoms with Gasteiger partial charge < -0.3 is 5.73 Å². The summed E-state index contributed by atoms with van der Waals surface area (Å²) in [7, 11) is -2.12. The maximum Gasteiger partial charge on any atom is 0.260 e.